The van der Waals surface area contributed by atoms with Gasteiger partial charge in [-0.15, -0.1) is 0 Å². The molecule has 5 N–H and O–H groups in total. The van der Waals surface area contributed by atoms with Crippen molar-refractivity contribution in [3.05, 3.63) is 20.8 Å². The summed E-state index contributed by atoms with van der Waals surface area (Å²) in [5.41, 5.74) is 4.21. The van der Waals surface area contributed by atoms with Crippen molar-refractivity contribution < 1.29 is 9.59 Å². The second kappa shape index (κ2) is 8.54. The third-order valence-electron chi connectivity index (χ3n) is 3.45. The standard InChI is InChI=1S/C16H28N6O4/c1-6-7-8-22-12(17)11(13(24)19-15(22)26)21(5)9-10(23)18-14(25)20-16(2,3)4/h6-9,17H2,1-5H3,(H,19,24,26)(H2,18,20,23,25). The molecule has 0 unspecified atom stereocenters. The minimum atomic E-state index is -0.685. The molecule has 10 heteroatoms. The van der Waals surface area contributed by atoms with E-state index >= 15 is 0 Å². The average Bonchev–Trinajstić information content (AvgIpc) is 2.43. The molecule has 0 saturated heterocycles. The smallest absolute Gasteiger partial charge is 0.330 e. The summed E-state index contributed by atoms with van der Waals surface area (Å²) in [6, 6.07) is -0.634. The van der Waals surface area contributed by atoms with Gasteiger partial charge in [0.25, 0.3) is 5.56 Å². The Hall–Kier alpha value is -2.78. The van der Waals surface area contributed by atoms with Gasteiger partial charge in [0.2, 0.25) is 5.91 Å². The minimum absolute atomic E-state index is 0.00656. The van der Waals surface area contributed by atoms with E-state index in [4.69, 9.17) is 5.73 Å². The lowest BCUT2D eigenvalue weighted by Crippen LogP contribution is -2.50. The van der Waals surface area contributed by atoms with Crippen molar-refractivity contribution in [1.29, 1.82) is 0 Å². The predicted octanol–water partition coefficient (Wildman–Crippen LogP) is -0.0206. The normalized spacial score (nSPS) is 11.1. The van der Waals surface area contributed by atoms with E-state index in [0.717, 1.165) is 6.42 Å². The fourth-order valence-corrected chi connectivity index (χ4v) is 2.32. The Morgan fingerprint density at radius 3 is 2.42 bits per heavy atom. The van der Waals surface area contributed by atoms with Gasteiger partial charge in [-0.25, -0.2) is 9.59 Å². The number of rotatable bonds is 6. The SMILES string of the molecule is CCCCn1c(N)c(N(C)CC(=O)NC(=O)NC(C)(C)C)c(=O)[nH]c1=O. The molecule has 0 aliphatic heterocycles. The number of unbranched alkanes of at least 4 members (excludes halogenated alkanes) is 1. The number of hydrogen-bond acceptors (Lipinski definition) is 6. The third-order valence-corrected chi connectivity index (χ3v) is 3.45. The molecular weight excluding hydrogens is 340 g/mol. The summed E-state index contributed by atoms with van der Waals surface area (Å²) in [4.78, 5) is 51.3. The highest BCUT2D eigenvalue weighted by molar-refractivity contribution is 5.96. The molecule has 146 valence electrons. The highest BCUT2D eigenvalue weighted by Crippen LogP contribution is 2.15. The van der Waals surface area contributed by atoms with Crippen molar-refractivity contribution in [3.8, 4) is 0 Å². The fraction of sp³-hybridized carbons (Fsp3) is 0.625. The van der Waals surface area contributed by atoms with Crippen molar-refractivity contribution in [2.24, 2.45) is 0 Å². The molecule has 0 spiro atoms. The molecule has 0 bridgehead atoms. The monoisotopic (exact) mass is 368 g/mol. The molecule has 0 atom stereocenters. The number of amides is 3. The van der Waals surface area contributed by atoms with Crippen LogP contribution in [-0.2, 0) is 11.3 Å². The van der Waals surface area contributed by atoms with Crippen molar-refractivity contribution in [2.75, 3.05) is 24.2 Å². The maximum Gasteiger partial charge on any atom is 0.330 e. The molecule has 0 fully saturated rings. The number of urea groups is 1. The second-order valence-electron chi connectivity index (χ2n) is 7.11. The molecule has 26 heavy (non-hydrogen) atoms. The summed E-state index contributed by atoms with van der Waals surface area (Å²) in [6.45, 7) is 7.39. The Balaban J connectivity index is 2.95. The minimum Gasteiger partial charge on any atom is -0.383 e. The topological polar surface area (TPSA) is 142 Å². The fourth-order valence-electron chi connectivity index (χ4n) is 2.32. The molecule has 0 aliphatic carbocycles. The van der Waals surface area contributed by atoms with Gasteiger partial charge in [0.05, 0.1) is 6.54 Å². The van der Waals surface area contributed by atoms with E-state index in [1.165, 1.54) is 16.5 Å². The summed E-state index contributed by atoms with van der Waals surface area (Å²) < 4.78 is 1.26. The van der Waals surface area contributed by atoms with Crippen LogP contribution in [0.2, 0.25) is 0 Å². The molecule has 1 aromatic rings. The van der Waals surface area contributed by atoms with E-state index in [1.807, 2.05) is 6.92 Å². The quantitative estimate of drug-likeness (QED) is 0.556. The Morgan fingerprint density at radius 2 is 1.88 bits per heavy atom. The van der Waals surface area contributed by atoms with Crippen LogP contribution < -0.4 is 32.5 Å². The van der Waals surface area contributed by atoms with Gasteiger partial charge >= 0.3 is 11.7 Å². The van der Waals surface area contributed by atoms with E-state index in [0.29, 0.717) is 13.0 Å². The number of H-pyrrole nitrogens is 1. The molecule has 10 nitrogen and oxygen atoms in total. The van der Waals surface area contributed by atoms with Crippen LogP contribution in [-0.4, -0.2) is 40.6 Å². The molecular formula is C16H28N6O4. The summed E-state index contributed by atoms with van der Waals surface area (Å²) in [6.07, 6.45) is 1.56. The lowest BCUT2D eigenvalue weighted by molar-refractivity contribution is -0.118. The van der Waals surface area contributed by atoms with Crippen LogP contribution in [0.1, 0.15) is 40.5 Å². The zero-order chi connectivity index (χ0) is 20.1. The van der Waals surface area contributed by atoms with Crippen LogP contribution >= 0.6 is 0 Å². The highest BCUT2D eigenvalue weighted by Gasteiger charge is 2.20. The number of anilines is 2. The second-order valence-corrected chi connectivity index (χ2v) is 7.11. The number of imide groups is 1. The number of aromatic nitrogens is 2. The zero-order valence-corrected chi connectivity index (χ0v) is 15.9. The van der Waals surface area contributed by atoms with Gasteiger partial charge in [0.15, 0.2) is 0 Å². The van der Waals surface area contributed by atoms with Gasteiger partial charge in [-0.2, -0.15) is 0 Å². The van der Waals surface area contributed by atoms with Gasteiger partial charge in [-0.05, 0) is 27.2 Å². The molecule has 1 aromatic heterocycles. The summed E-state index contributed by atoms with van der Waals surface area (Å²) in [5, 5.41) is 4.78. The van der Waals surface area contributed by atoms with Crippen LogP contribution in [0.4, 0.5) is 16.3 Å². The zero-order valence-electron chi connectivity index (χ0n) is 15.9. The number of hydrogen-bond donors (Lipinski definition) is 4. The number of carbonyl (C=O) groups excluding carboxylic acids is 2. The van der Waals surface area contributed by atoms with Crippen molar-refractivity contribution in [1.82, 2.24) is 20.2 Å². The van der Waals surface area contributed by atoms with Crippen LogP contribution in [0.15, 0.2) is 9.59 Å². The van der Waals surface area contributed by atoms with Crippen molar-refractivity contribution >= 4 is 23.4 Å². The summed E-state index contributed by atoms with van der Waals surface area (Å²) in [5.74, 6) is -0.624. The Morgan fingerprint density at radius 1 is 1.27 bits per heavy atom. The molecule has 1 heterocycles. The van der Waals surface area contributed by atoms with Crippen LogP contribution in [0, 0.1) is 0 Å². The first-order chi connectivity index (χ1) is 12.0. The molecule has 0 aliphatic rings. The van der Waals surface area contributed by atoms with E-state index in [2.05, 4.69) is 15.6 Å². The molecule has 0 aromatic carbocycles. The van der Waals surface area contributed by atoms with E-state index in [9.17, 15) is 19.2 Å². The number of nitrogens with zero attached hydrogens (tertiary/aromatic N) is 2. The maximum atomic E-state index is 12.1. The van der Waals surface area contributed by atoms with E-state index < -0.39 is 28.7 Å². The first-order valence-corrected chi connectivity index (χ1v) is 8.42. The number of nitrogen functional groups attached to an aromatic ring is 1. The summed E-state index contributed by atoms with van der Waals surface area (Å²) in [7, 11) is 1.48. The van der Waals surface area contributed by atoms with E-state index in [-0.39, 0.29) is 18.1 Å². The highest BCUT2D eigenvalue weighted by atomic mass is 16.2. The molecule has 1 rings (SSSR count). The third kappa shape index (κ3) is 5.94. The number of nitrogens with two attached hydrogens (primary N) is 1. The first kappa shape index (κ1) is 21.3. The van der Waals surface area contributed by atoms with Crippen molar-refractivity contribution in [2.45, 2.75) is 52.6 Å². The number of nitrogens with one attached hydrogen (secondary N) is 3. The van der Waals surface area contributed by atoms with Gasteiger partial charge in [0, 0.05) is 19.1 Å². The van der Waals surface area contributed by atoms with Gasteiger partial charge in [-0.3, -0.25) is 24.5 Å². The predicted molar refractivity (Wildman–Crippen MR) is 100 cm³/mol. The largest absolute Gasteiger partial charge is 0.383 e. The maximum absolute atomic E-state index is 12.1. The van der Waals surface area contributed by atoms with Crippen LogP contribution in [0.25, 0.3) is 0 Å². The van der Waals surface area contributed by atoms with Gasteiger partial charge < -0.3 is 16.0 Å². The lowest BCUT2D eigenvalue weighted by Gasteiger charge is -2.23. The number of aromatic amines is 1. The van der Waals surface area contributed by atoms with Gasteiger partial charge in [0.1, 0.15) is 11.5 Å². The Kier molecular flexibility index (Phi) is 6.99. The van der Waals surface area contributed by atoms with E-state index in [1.54, 1.807) is 20.8 Å². The van der Waals surface area contributed by atoms with Gasteiger partial charge in [-0.1, -0.05) is 13.3 Å². The lowest BCUT2D eigenvalue weighted by atomic mass is 10.1. The van der Waals surface area contributed by atoms with Crippen LogP contribution in [0.5, 0.6) is 0 Å². The number of likely N-dealkylation sites (N-methyl/N-ethyl adjacent to an activating group) is 1. The van der Waals surface area contributed by atoms with Crippen molar-refractivity contribution in [3.63, 3.8) is 0 Å². The average molecular weight is 368 g/mol. The van der Waals surface area contributed by atoms with Crippen LogP contribution in [0.3, 0.4) is 0 Å². The Labute approximate surface area is 151 Å². The molecule has 3 amide bonds. The molecule has 0 radical (unpaired) electrons. The number of carbonyl (C=O) groups is 2. The first-order valence-electron chi connectivity index (χ1n) is 8.42. The molecule has 0 saturated carbocycles. The Bertz CT molecular complexity index is 774. The summed E-state index contributed by atoms with van der Waals surface area (Å²) >= 11 is 0.